The molecule has 0 heterocycles. The van der Waals surface area contributed by atoms with Crippen molar-refractivity contribution in [1.29, 1.82) is 0 Å². The van der Waals surface area contributed by atoms with E-state index in [9.17, 15) is 0 Å². The van der Waals surface area contributed by atoms with E-state index in [1.807, 2.05) is 0 Å². The van der Waals surface area contributed by atoms with E-state index >= 15 is 0 Å². The second-order valence-electron chi connectivity index (χ2n) is 3.14. The summed E-state index contributed by atoms with van der Waals surface area (Å²) in [5.41, 5.74) is 0. The van der Waals surface area contributed by atoms with Crippen molar-refractivity contribution in [2.24, 2.45) is 5.92 Å². The van der Waals surface area contributed by atoms with Gasteiger partial charge in [-0.15, -0.1) is 12.4 Å². The average molecular weight is 203 g/mol. The quantitative estimate of drug-likeness (QED) is 0.661. The van der Waals surface area contributed by atoms with E-state index in [0.717, 1.165) is 14.5 Å². The van der Waals surface area contributed by atoms with Crippen LogP contribution in [-0.2, 0) is 0 Å². The van der Waals surface area contributed by atoms with Crippen molar-refractivity contribution in [3.05, 3.63) is 30.3 Å². The largest absolute Gasteiger partial charge is 0.147 e. The zero-order chi connectivity index (χ0) is 8.10. The first-order valence-corrected chi connectivity index (χ1v) is 5.28. The number of benzene rings is 1. The molecule has 0 aliphatic carbocycles. The van der Waals surface area contributed by atoms with Crippen LogP contribution >= 0.6 is 21.0 Å². The highest BCUT2D eigenvalue weighted by Gasteiger charge is 1.94. The Bertz CT molecular complexity index is 196. The van der Waals surface area contributed by atoms with Crippen LogP contribution in [0, 0.1) is 5.92 Å². The monoisotopic (exact) mass is 202 g/mol. The molecule has 2 heteroatoms. The van der Waals surface area contributed by atoms with Crippen molar-refractivity contribution >= 4 is 26.3 Å². The maximum Gasteiger partial charge on any atom is -0.0271 e. The van der Waals surface area contributed by atoms with Crippen molar-refractivity contribution in [2.75, 3.05) is 6.16 Å². The Hall–Kier alpha value is -0.0600. The fourth-order valence-electron chi connectivity index (χ4n) is 0.878. The van der Waals surface area contributed by atoms with Gasteiger partial charge in [0, 0.05) is 0 Å². The first-order chi connectivity index (χ1) is 5.29. The van der Waals surface area contributed by atoms with Crippen LogP contribution in [0.4, 0.5) is 0 Å². The van der Waals surface area contributed by atoms with Gasteiger partial charge in [-0.3, -0.25) is 0 Å². The molecule has 0 aliphatic heterocycles. The minimum Gasteiger partial charge on any atom is -0.147 e. The standard InChI is InChI=1S/C10H15P.ClH/c1-9(2)8-11-10-6-4-3-5-7-10;/h3-7,9,11H,8H2,1-2H3;1H. The third-order valence-electron chi connectivity index (χ3n) is 1.49. The Morgan fingerprint density at radius 3 is 2.25 bits per heavy atom. The topological polar surface area (TPSA) is 0 Å². The molecule has 0 fully saturated rings. The third kappa shape index (κ3) is 4.74. The fourth-order valence-corrected chi connectivity index (χ4v) is 1.95. The molecule has 1 rings (SSSR count). The zero-order valence-electron chi connectivity index (χ0n) is 7.58. The first-order valence-electron chi connectivity index (χ1n) is 4.08. The summed E-state index contributed by atoms with van der Waals surface area (Å²) in [7, 11) is 0.985. The summed E-state index contributed by atoms with van der Waals surface area (Å²) in [5, 5.41) is 1.49. The second-order valence-corrected chi connectivity index (χ2v) is 4.48. The Labute approximate surface area is 83.0 Å². The van der Waals surface area contributed by atoms with Gasteiger partial charge < -0.3 is 0 Å². The third-order valence-corrected chi connectivity index (χ3v) is 3.25. The van der Waals surface area contributed by atoms with Crippen LogP contribution in [-0.4, -0.2) is 6.16 Å². The van der Waals surface area contributed by atoms with Crippen molar-refractivity contribution < 1.29 is 0 Å². The molecular formula is C10H16ClP. The lowest BCUT2D eigenvalue weighted by molar-refractivity contribution is 0.749. The van der Waals surface area contributed by atoms with Crippen molar-refractivity contribution in [2.45, 2.75) is 13.8 Å². The van der Waals surface area contributed by atoms with Crippen LogP contribution < -0.4 is 5.30 Å². The number of hydrogen-bond acceptors (Lipinski definition) is 0. The Kier molecular flexibility index (Phi) is 6.42. The van der Waals surface area contributed by atoms with Gasteiger partial charge in [-0.2, -0.15) is 0 Å². The number of rotatable bonds is 3. The fraction of sp³-hybridized carbons (Fsp3) is 0.400. The minimum atomic E-state index is 0. The molecule has 0 amide bonds. The number of hydrogen-bond donors (Lipinski definition) is 0. The summed E-state index contributed by atoms with van der Waals surface area (Å²) >= 11 is 0. The minimum absolute atomic E-state index is 0. The Morgan fingerprint density at radius 2 is 1.75 bits per heavy atom. The zero-order valence-corrected chi connectivity index (χ0v) is 9.40. The smallest absolute Gasteiger partial charge is 0.0271 e. The predicted octanol–water partition coefficient (Wildman–Crippen LogP) is 3.07. The molecule has 1 unspecified atom stereocenters. The lowest BCUT2D eigenvalue weighted by atomic mass is 10.3. The summed E-state index contributed by atoms with van der Waals surface area (Å²) in [6.07, 6.45) is 1.32. The van der Waals surface area contributed by atoms with Gasteiger partial charge in [0.05, 0.1) is 0 Å². The van der Waals surface area contributed by atoms with Gasteiger partial charge in [0.15, 0.2) is 0 Å². The highest BCUT2D eigenvalue weighted by atomic mass is 35.5. The molecule has 0 aliphatic rings. The van der Waals surface area contributed by atoms with Crippen molar-refractivity contribution in [3.8, 4) is 0 Å². The van der Waals surface area contributed by atoms with Crippen molar-refractivity contribution in [1.82, 2.24) is 0 Å². The molecule has 0 saturated carbocycles. The Balaban J connectivity index is 0.00000121. The molecule has 0 bridgehead atoms. The molecule has 0 N–H and O–H groups in total. The second kappa shape index (κ2) is 6.46. The van der Waals surface area contributed by atoms with Crippen LogP contribution in [0.1, 0.15) is 13.8 Å². The van der Waals surface area contributed by atoms with Crippen LogP contribution in [0.5, 0.6) is 0 Å². The van der Waals surface area contributed by atoms with E-state index in [4.69, 9.17) is 0 Å². The molecule has 68 valence electrons. The lowest BCUT2D eigenvalue weighted by Gasteiger charge is -2.03. The van der Waals surface area contributed by atoms with E-state index in [0.29, 0.717) is 0 Å². The highest BCUT2D eigenvalue weighted by Crippen LogP contribution is 2.13. The molecule has 0 spiro atoms. The van der Waals surface area contributed by atoms with Gasteiger partial charge in [0.2, 0.25) is 0 Å². The van der Waals surface area contributed by atoms with E-state index in [2.05, 4.69) is 44.2 Å². The van der Waals surface area contributed by atoms with Gasteiger partial charge >= 0.3 is 0 Å². The molecule has 12 heavy (non-hydrogen) atoms. The molecule has 1 aromatic carbocycles. The van der Waals surface area contributed by atoms with E-state index < -0.39 is 0 Å². The summed E-state index contributed by atoms with van der Waals surface area (Å²) in [5.74, 6) is 0.827. The molecule has 0 nitrogen and oxygen atoms in total. The number of halogens is 1. The van der Waals surface area contributed by atoms with Crippen LogP contribution in [0.2, 0.25) is 0 Å². The first kappa shape index (κ1) is 11.9. The normalized spacial score (nSPS) is 10.6. The van der Waals surface area contributed by atoms with E-state index in [-0.39, 0.29) is 12.4 Å². The van der Waals surface area contributed by atoms with Gasteiger partial charge in [0.1, 0.15) is 0 Å². The van der Waals surface area contributed by atoms with E-state index in [1.165, 1.54) is 11.5 Å². The summed E-state index contributed by atoms with van der Waals surface area (Å²) in [6.45, 7) is 4.55. The maximum absolute atomic E-state index is 2.27. The molecule has 0 aromatic heterocycles. The summed E-state index contributed by atoms with van der Waals surface area (Å²) in [6, 6.07) is 10.7. The molecule has 0 saturated heterocycles. The average Bonchev–Trinajstić information content (AvgIpc) is 2.03. The molecule has 1 aromatic rings. The summed E-state index contributed by atoms with van der Waals surface area (Å²) < 4.78 is 0. The van der Waals surface area contributed by atoms with Gasteiger partial charge in [0.25, 0.3) is 0 Å². The molecule has 1 atom stereocenters. The van der Waals surface area contributed by atoms with Crippen LogP contribution in [0.15, 0.2) is 30.3 Å². The van der Waals surface area contributed by atoms with Gasteiger partial charge in [-0.05, 0) is 17.4 Å². The van der Waals surface area contributed by atoms with Crippen LogP contribution in [0.3, 0.4) is 0 Å². The molecule has 0 radical (unpaired) electrons. The van der Waals surface area contributed by atoms with E-state index in [1.54, 1.807) is 0 Å². The molecular weight excluding hydrogens is 187 g/mol. The predicted molar refractivity (Wildman–Crippen MR) is 61.3 cm³/mol. The summed E-state index contributed by atoms with van der Waals surface area (Å²) in [4.78, 5) is 0. The Morgan fingerprint density at radius 1 is 1.17 bits per heavy atom. The van der Waals surface area contributed by atoms with Crippen molar-refractivity contribution in [3.63, 3.8) is 0 Å². The SMILES string of the molecule is CC(C)CPc1ccccc1.Cl. The van der Waals surface area contributed by atoms with Gasteiger partial charge in [-0.25, -0.2) is 0 Å². The maximum atomic E-state index is 2.27. The lowest BCUT2D eigenvalue weighted by Crippen LogP contribution is -1.97. The highest BCUT2D eigenvalue weighted by molar-refractivity contribution is 7.47. The van der Waals surface area contributed by atoms with Crippen LogP contribution in [0.25, 0.3) is 0 Å². The van der Waals surface area contributed by atoms with Gasteiger partial charge in [-0.1, -0.05) is 52.8 Å².